The normalized spacial score (nSPS) is 17.3. The molecule has 1 aromatic rings. The molecular formula is C14H24N4O2S. The number of carbonyl (C=O) groups excluding carboxylic acids is 1. The van der Waals surface area contributed by atoms with Crippen LogP contribution in [0.2, 0.25) is 0 Å². The molecule has 0 aliphatic carbocycles. The van der Waals surface area contributed by atoms with Crippen molar-refractivity contribution < 1.29 is 9.53 Å². The third-order valence-corrected chi connectivity index (χ3v) is 4.59. The molecule has 0 amide bonds. The monoisotopic (exact) mass is 312 g/mol. The Morgan fingerprint density at radius 1 is 1.29 bits per heavy atom. The van der Waals surface area contributed by atoms with Gasteiger partial charge in [-0.1, -0.05) is 25.6 Å². The number of carbonyl (C=O) groups is 1. The summed E-state index contributed by atoms with van der Waals surface area (Å²) in [5, 5.41) is 9.39. The van der Waals surface area contributed by atoms with Crippen molar-refractivity contribution in [3.63, 3.8) is 0 Å². The highest BCUT2D eigenvalue weighted by atomic mass is 32.2. The molecule has 118 valence electrons. The summed E-state index contributed by atoms with van der Waals surface area (Å²) in [5.41, 5.74) is 0. The molecule has 1 atom stereocenters. The van der Waals surface area contributed by atoms with Crippen LogP contribution < -0.4 is 4.90 Å². The van der Waals surface area contributed by atoms with Crippen LogP contribution in [0, 0.1) is 5.92 Å². The van der Waals surface area contributed by atoms with Crippen LogP contribution in [0.3, 0.4) is 0 Å². The smallest absolute Gasteiger partial charge is 0.228 e. The van der Waals surface area contributed by atoms with Crippen molar-refractivity contribution in [3.8, 4) is 0 Å². The van der Waals surface area contributed by atoms with Gasteiger partial charge in [0.2, 0.25) is 5.95 Å². The van der Waals surface area contributed by atoms with Crippen molar-refractivity contribution in [2.75, 3.05) is 31.2 Å². The summed E-state index contributed by atoms with van der Waals surface area (Å²) >= 11 is 1.49. The average Bonchev–Trinajstić information content (AvgIpc) is 2.82. The largest absolute Gasteiger partial charge is 0.378 e. The summed E-state index contributed by atoms with van der Waals surface area (Å²) < 4.78 is 7.53. The maximum Gasteiger partial charge on any atom is 0.228 e. The number of ketones is 1. The lowest BCUT2D eigenvalue weighted by atomic mass is 10.2. The van der Waals surface area contributed by atoms with Crippen LogP contribution in [-0.4, -0.2) is 52.1 Å². The summed E-state index contributed by atoms with van der Waals surface area (Å²) in [5.74, 6) is 1.55. The molecule has 2 heterocycles. The van der Waals surface area contributed by atoms with E-state index in [1.54, 1.807) is 6.92 Å². The van der Waals surface area contributed by atoms with E-state index in [-0.39, 0.29) is 11.0 Å². The quantitative estimate of drug-likeness (QED) is 0.747. The first-order valence-corrected chi connectivity index (χ1v) is 8.30. The fourth-order valence-electron chi connectivity index (χ4n) is 2.13. The van der Waals surface area contributed by atoms with Crippen molar-refractivity contribution in [2.45, 2.75) is 44.6 Å². The van der Waals surface area contributed by atoms with E-state index in [0.29, 0.717) is 5.92 Å². The predicted molar refractivity (Wildman–Crippen MR) is 83.9 cm³/mol. The highest BCUT2D eigenvalue weighted by Gasteiger charge is 2.23. The zero-order valence-corrected chi connectivity index (χ0v) is 14.0. The van der Waals surface area contributed by atoms with Crippen LogP contribution in [0.1, 0.15) is 27.7 Å². The molecule has 7 heteroatoms. The molecule has 6 nitrogen and oxygen atoms in total. The second-order valence-electron chi connectivity index (χ2n) is 5.76. The molecule has 0 bridgehead atoms. The number of morpholine rings is 1. The Balaban J connectivity index is 2.23. The lowest BCUT2D eigenvalue weighted by molar-refractivity contribution is -0.116. The molecule has 0 saturated carbocycles. The Morgan fingerprint density at radius 3 is 2.52 bits per heavy atom. The molecule has 1 aliphatic rings. The Hall–Kier alpha value is -1.08. The number of Topliss-reactive ketones (excluding diaryl/α,β-unsaturated/α-hetero) is 1. The minimum Gasteiger partial charge on any atom is -0.378 e. The molecule has 0 spiro atoms. The SMILES string of the molecule is CC(=O)C(C)Sc1nnc(N2CCOCC2)n1CC(C)C. The Bertz CT molecular complexity index is 483. The minimum absolute atomic E-state index is 0.0994. The Kier molecular flexibility index (Phi) is 5.64. The number of hydrogen-bond acceptors (Lipinski definition) is 6. The Morgan fingerprint density at radius 2 is 1.95 bits per heavy atom. The molecule has 1 aliphatic heterocycles. The van der Waals surface area contributed by atoms with Gasteiger partial charge in [0.25, 0.3) is 0 Å². The maximum atomic E-state index is 11.5. The second kappa shape index (κ2) is 7.26. The van der Waals surface area contributed by atoms with E-state index < -0.39 is 0 Å². The molecule has 1 unspecified atom stereocenters. The van der Waals surface area contributed by atoms with Gasteiger partial charge >= 0.3 is 0 Å². The van der Waals surface area contributed by atoms with Gasteiger partial charge in [0, 0.05) is 19.6 Å². The molecule has 0 aromatic carbocycles. The van der Waals surface area contributed by atoms with Crippen LogP contribution in [0.25, 0.3) is 0 Å². The molecule has 1 aromatic heterocycles. The van der Waals surface area contributed by atoms with Crippen LogP contribution >= 0.6 is 11.8 Å². The van der Waals surface area contributed by atoms with Crippen molar-refractivity contribution >= 4 is 23.5 Å². The summed E-state index contributed by atoms with van der Waals surface area (Å²) in [6.07, 6.45) is 0. The zero-order valence-electron chi connectivity index (χ0n) is 13.2. The third kappa shape index (κ3) is 4.20. The summed E-state index contributed by atoms with van der Waals surface area (Å²) in [4.78, 5) is 13.7. The van der Waals surface area contributed by atoms with E-state index >= 15 is 0 Å². The lowest BCUT2D eigenvalue weighted by Gasteiger charge is -2.28. The van der Waals surface area contributed by atoms with Gasteiger partial charge in [-0.2, -0.15) is 0 Å². The summed E-state index contributed by atoms with van der Waals surface area (Å²) in [6.45, 7) is 11.8. The Labute approximate surface area is 130 Å². The molecule has 21 heavy (non-hydrogen) atoms. The summed E-state index contributed by atoms with van der Waals surface area (Å²) in [6, 6.07) is 0. The summed E-state index contributed by atoms with van der Waals surface area (Å²) in [7, 11) is 0. The van der Waals surface area contributed by atoms with Crippen LogP contribution in [0.15, 0.2) is 5.16 Å². The fourth-order valence-corrected chi connectivity index (χ4v) is 2.99. The minimum atomic E-state index is -0.0994. The zero-order chi connectivity index (χ0) is 15.4. The van der Waals surface area contributed by atoms with Gasteiger partial charge in [-0.05, 0) is 19.8 Å². The molecule has 0 radical (unpaired) electrons. The van der Waals surface area contributed by atoms with Crippen molar-refractivity contribution in [2.24, 2.45) is 5.92 Å². The number of thioether (sulfide) groups is 1. The van der Waals surface area contributed by atoms with Gasteiger partial charge in [-0.15, -0.1) is 10.2 Å². The molecule has 2 rings (SSSR count). The van der Waals surface area contributed by atoms with Gasteiger partial charge in [0.15, 0.2) is 5.16 Å². The van der Waals surface area contributed by atoms with Gasteiger partial charge < -0.3 is 9.64 Å². The molecule has 1 saturated heterocycles. The van der Waals surface area contributed by atoms with Crippen LogP contribution in [-0.2, 0) is 16.1 Å². The van der Waals surface area contributed by atoms with Gasteiger partial charge in [-0.25, -0.2) is 0 Å². The first-order valence-electron chi connectivity index (χ1n) is 7.42. The number of hydrogen-bond donors (Lipinski definition) is 0. The third-order valence-electron chi connectivity index (χ3n) is 3.39. The second-order valence-corrected chi connectivity index (χ2v) is 7.07. The van der Waals surface area contributed by atoms with E-state index in [9.17, 15) is 4.79 Å². The number of ether oxygens (including phenoxy) is 1. The van der Waals surface area contributed by atoms with E-state index in [2.05, 4.69) is 33.5 Å². The van der Waals surface area contributed by atoms with E-state index in [1.165, 1.54) is 11.8 Å². The van der Waals surface area contributed by atoms with Crippen LogP contribution in [0.4, 0.5) is 5.95 Å². The van der Waals surface area contributed by atoms with Gasteiger partial charge in [0.1, 0.15) is 5.78 Å². The highest BCUT2D eigenvalue weighted by Crippen LogP contribution is 2.27. The molecule has 1 fully saturated rings. The van der Waals surface area contributed by atoms with E-state index in [1.807, 2.05) is 6.92 Å². The highest BCUT2D eigenvalue weighted by molar-refractivity contribution is 8.00. The fraction of sp³-hybridized carbons (Fsp3) is 0.786. The molecular weight excluding hydrogens is 288 g/mol. The number of anilines is 1. The average molecular weight is 312 g/mol. The predicted octanol–water partition coefficient (Wildman–Crippen LogP) is 1.84. The van der Waals surface area contributed by atoms with Crippen LogP contribution in [0.5, 0.6) is 0 Å². The standard InChI is InChI=1S/C14H24N4O2S/c1-10(2)9-18-13(17-5-7-20-8-6-17)15-16-14(18)21-12(4)11(3)19/h10,12H,5-9H2,1-4H3. The maximum absolute atomic E-state index is 11.5. The number of aromatic nitrogens is 3. The topological polar surface area (TPSA) is 60.3 Å². The lowest BCUT2D eigenvalue weighted by Crippen LogP contribution is -2.38. The first kappa shape index (κ1) is 16.3. The van der Waals surface area contributed by atoms with Gasteiger partial charge in [-0.3, -0.25) is 9.36 Å². The van der Waals surface area contributed by atoms with E-state index in [0.717, 1.165) is 44.0 Å². The molecule has 0 N–H and O–H groups in total. The van der Waals surface area contributed by atoms with Crippen molar-refractivity contribution in [3.05, 3.63) is 0 Å². The first-order chi connectivity index (χ1) is 9.99. The number of nitrogens with zero attached hydrogens (tertiary/aromatic N) is 4. The van der Waals surface area contributed by atoms with Crippen molar-refractivity contribution in [1.82, 2.24) is 14.8 Å². The van der Waals surface area contributed by atoms with E-state index in [4.69, 9.17) is 4.74 Å². The van der Waals surface area contributed by atoms with Gasteiger partial charge in [0.05, 0.1) is 18.5 Å². The van der Waals surface area contributed by atoms with Crippen molar-refractivity contribution in [1.29, 1.82) is 0 Å². The number of rotatable bonds is 6.